The third kappa shape index (κ3) is 5.55. The van der Waals surface area contributed by atoms with E-state index in [0.717, 1.165) is 48.7 Å². The SMILES string of the molecule is Cc1ccc(CN(CCc2c[nH]c3ccccc23)Cc2ccc(/C=C/C(=O)NO)cc2)o1. The molecule has 32 heavy (non-hydrogen) atoms. The topological polar surface area (TPSA) is 81.5 Å². The number of aryl methyl sites for hydroxylation is 1. The van der Waals surface area contributed by atoms with Crippen LogP contribution in [-0.4, -0.2) is 27.5 Å². The van der Waals surface area contributed by atoms with Gasteiger partial charge in [-0.2, -0.15) is 0 Å². The van der Waals surface area contributed by atoms with Crippen LogP contribution in [0.5, 0.6) is 0 Å². The van der Waals surface area contributed by atoms with Gasteiger partial charge in [0.05, 0.1) is 6.54 Å². The van der Waals surface area contributed by atoms with Crippen LogP contribution >= 0.6 is 0 Å². The Morgan fingerprint density at radius 3 is 2.66 bits per heavy atom. The number of hydroxylamine groups is 1. The van der Waals surface area contributed by atoms with Crippen molar-refractivity contribution in [3.05, 3.63) is 101 Å². The van der Waals surface area contributed by atoms with Gasteiger partial charge in [-0.25, -0.2) is 5.48 Å². The van der Waals surface area contributed by atoms with Crippen LogP contribution in [0.1, 0.15) is 28.2 Å². The van der Waals surface area contributed by atoms with Crippen LogP contribution in [-0.2, 0) is 24.3 Å². The van der Waals surface area contributed by atoms with Crippen molar-refractivity contribution >= 4 is 22.9 Å². The molecular formula is C26H27N3O3. The number of amides is 1. The molecule has 164 valence electrons. The number of aromatic nitrogens is 1. The predicted octanol–water partition coefficient (Wildman–Crippen LogP) is 4.83. The Kier molecular flexibility index (Phi) is 6.84. The van der Waals surface area contributed by atoms with Crippen molar-refractivity contribution in [2.75, 3.05) is 6.54 Å². The first-order valence-electron chi connectivity index (χ1n) is 10.6. The monoisotopic (exact) mass is 429 g/mol. The highest BCUT2D eigenvalue weighted by atomic mass is 16.5. The van der Waals surface area contributed by atoms with Crippen LogP contribution in [0.4, 0.5) is 0 Å². The maximum atomic E-state index is 11.2. The fourth-order valence-electron chi connectivity index (χ4n) is 3.82. The van der Waals surface area contributed by atoms with Gasteiger partial charge < -0.3 is 9.40 Å². The Morgan fingerprint density at radius 2 is 1.91 bits per heavy atom. The number of aromatic amines is 1. The first-order chi connectivity index (χ1) is 15.6. The molecule has 2 heterocycles. The molecule has 0 saturated carbocycles. The maximum absolute atomic E-state index is 11.2. The van der Waals surface area contributed by atoms with Gasteiger partial charge in [0.15, 0.2) is 0 Å². The highest BCUT2D eigenvalue weighted by molar-refractivity contribution is 5.90. The van der Waals surface area contributed by atoms with Crippen LogP contribution < -0.4 is 5.48 Å². The highest BCUT2D eigenvalue weighted by Crippen LogP contribution is 2.20. The first-order valence-corrected chi connectivity index (χ1v) is 10.6. The summed E-state index contributed by atoms with van der Waals surface area (Å²) in [6.07, 6.45) is 5.99. The van der Waals surface area contributed by atoms with E-state index in [-0.39, 0.29) is 0 Å². The number of nitrogens with one attached hydrogen (secondary N) is 2. The van der Waals surface area contributed by atoms with E-state index in [1.54, 1.807) is 11.6 Å². The second-order valence-electron chi connectivity index (χ2n) is 7.88. The van der Waals surface area contributed by atoms with Crippen LogP contribution in [0.15, 0.2) is 77.4 Å². The average molecular weight is 430 g/mol. The molecule has 6 nitrogen and oxygen atoms in total. The van der Waals surface area contributed by atoms with Gasteiger partial charge in [0.25, 0.3) is 5.91 Å². The Bertz CT molecular complexity index is 1200. The third-order valence-electron chi connectivity index (χ3n) is 5.47. The molecule has 0 saturated heterocycles. The zero-order chi connectivity index (χ0) is 22.3. The normalized spacial score (nSPS) is 11.6. The van der Waals surface area contributed by atoms with Gasteiger partial charge in [0.1, 0.15) is 11.5 Å². The lowest BCUT2D eigenvalue weighted by atomic mass is 10.1. The molecule has 0 bridgehead atoms. The summed E-state index contributed by atoms with van der Waals surface area (Å²) < 4.78 is 5.83. The number of rotatable bonds is 9. The molecule has 4 aromatic rings. The standard InChI is InChI=1S/C26H27N3O3/c1-19-6-12-23(32-19)18-29(15-14-22-16-27-25-5-3-2-4-24(22)25)17-21-9-7-20(8-10-21)11-13-26(30)28-31/h2-13,16,27,31H,14-15,17-18H2,1H3,(H,28,30)/b13-11+. The Morgan fingerprint density at radius 1 is 1.09 bits per heavy atom. The molecule has 6 heteroatoms. The summed E-state index contributed by atoms with van der Waals surface area (Å²) in [7, 11) is 0. The number of hydrogen-bond donors (Lipinski definition) is 3. The largest absolute Gasteiger partial charge is 0.465 e. The Balaban J connectivity index is 1.46. The molecule has 1 amide bonds. The second kappa shape index (κ2) is 10.1. The van der Waals surface area contributed by atoms with E-state index >= 15 is 0 Å². The summed E-state index contributed by atoms with van der Waals surface area (Å²) in [5.41, 5.74) is 6.13. The van der Waals surface area contributed by atoms with Gasteiger partial charge in [0.2, 0.25) is 0 Å². The molecule has 0 aliphatic carbocycles. The summed E-state index contributed by atoms with van der Waals surface area (Å²) in [6.45, 7) is 4.36. The van der Waals surface area contributed by atoms with Crippen LogP contribution in [0.2, 0.25) is 0 Å². The van der Waals surface area contributed by atoms with E-state index in [0.29, 0.717) is 0 Å². The number of hydrogen-bond acceptors (Lipinski definition) is 4. The number of nitrogens with zero attached hydrogens (tertiary/aromatic N) is 1. The van der Waals surface area contributed by atoms with E-state index in [1.807, 2.05) is 37.3 Å². The van der Waals surface area contributed by atoms with Gasteiger partial charge in [-0.05, 0) is 54.3 Å². The number of para-hydroxylation sites is 1. The fraction of sp³-hybridized carbons (Fsp3) is 0.192. The fourth-order valence-corrected chi connectivity index (χ4v) is 3.82. The first kappa shape index (κ1) is 21.6. The molecule has 0 atom stereocenters. The molecule has 0 aliphatic heterocycles. The Hall–Kier alpha value is -3.61. The molecule has 0 aliphatic rings. The molecule has 3 N–H and O–H groups in total. The molecule has 0 radical (unpaired) electrons. The lowest BCUT2D eigenvalue weighted by Gasteiger charge is -2.21. The smallest absolute Gasteiger partial charge is 0.267 e. The predicted molar refractivity (Wildman–Crippen MR) is 125 cm³/mol. The van der Waals surface area contributed by atoms with E-state index in [1.165, 1.54) is 22.6 Å². The summed E-state index contributed by atoms with van der Waals surface area (Å²) in [5, 5.41) is 9.86. The van der Waals surface area contributed by atoms with Crippen molar-refractivity contribution in [1.29, 1.82) is 0 Å². The second-order valence-corrected chi connectivity index (χ2v) is 7.88. The molecule has 4 rings (SSSR count). The lowest BCUT2D eigenvalue weighted by Crippen LogP contribution is -2.25. The van der Waals surface area contributed by atoms with Gasteiger partial charge in [-0.3, -0.25) is 14.9 Å². The Labute approximate surface area is 187 Å². The van der Waals surface area contributed by atoms with Gasteiger partial charge in [0, 0.05) is 36.3 Å². The zero-order valence-electron chi connectivity index (χ0n) is 18.0. The van der Waals surface area contributed by atoms with Crippen molar-refractivity contribution in [3.8, 4) is 0 Å². The number of H-pyrrole nitrogens is 1. The van der Waals surface area contributed by atoms with Crippen LogP contribution in [0.3, 0.4) is 0 Å². The van der Waals surface area contributed by atoms with Gasteiger partial charge in [-0.15, -0.1) is 0 Å². The number of benzene rings is 2. The summed E-state index contributed by atoms with van der Waals surface area (Å²) in [5.74, 6) is 1.32. The van der Waals surface area contributed by atoms with Crippen LogP contribution in [0.25, 0.3) is 17.0 Å². The molecule has 2 aromatic carbocycles. The average Bonchev–Trinajstić information content (AvgIpc) is 3.42. The van der Waals surface area contributed by atoms with Crippen molar-refractivity contribution in [1.82, 2.24) is 15.4 Å². The molecule has 0 unspecified atom stereocenters. The van der Waals surface area contributed by atoms with Gasteiger partial charge >= 0.3 is 0 Å². The van der Waals surface area contributed by atoms with Gasteiger partial charge in [-0.1, -0.05) is 42.5 Å². The quantitative estimate of drug-likeness (QED) is 0.202. The van der Waals surface area contributed by atoms with Crippen LogP contribution in [0, 0.1) is 6.92 Å². The number of furan rings is 1. The summed E-state index contributed by atoms with van der Waals surface area (Å²) in [4.78, 5) is 16.9. The number of fused-ring (bicyclic) bond motifs is 1. The minimum Gasteiger partial charge on any atom is -0.465 e. The number of carbonyl (C=O) groups excluding carboxylic acids is 1. The molecule has 2 aromatic heterocycles. The lowest BCUT2D eigenvalue weighted by molar-refractivity contribution is -0.124. The van der Waals surface area contributed by atoms with Crippen molar-refractivity contribution < 1.29 is 14.4 Å². The van der Waals surface area contributed by atoms with Crippen molar-refractivity contribution in [2.24, 2.45) is 0 Å². The molecular weight excluding hydrogens is 402 g/mol. The van der Waals surface area contributed by atoms with E-state index in [2.05, 4.69) is 46.4 Å². The maximum Gasteiger partial charge on any atom is 0.267 e. The minimum absolute atomic E-state index is 0.550. The van der Waals surface area contributed by atoms with Crippen molar-refractivity contribution in [2.45, 2.75) is 26.4 Å². The van der Waals surface area contributed by atoms with E-state index < -0.39 is 5.91 Å². The van der Waals surface area contributed by atoms with Crippen molar-refractivity contribution in [3.63, 3.8) is 0 Å². The zero-order valence-corrected chi connectivity index (χ0v) is 18.0. The molecule has 0 fully saturated rings. The minimum atomic E-state index is -0.550. The van der Waals surface area contributed by atoms with E-state index in [4.69, 9.17) is 9.62 Å². The summed E-state index contributed by atoms with van der Waals surface area (Å²) >= 11 is 0. The van der Waals surface area contributed by atoms with E-state index in [9.17, 15) is 4.79 Å². The molecule has 0 spiro atoms. The summed E-state index contributed by atoms with van der Waals surface area (Å²) in [6, 6.07) is 20.5. The highest BCUT2D eigenvalue weighted by Gasteiger charge is 2.12. The number of carbonyl (C=O) groups is 1. The third-order valence-corrected chi connectivity index (χ3v) is 5.47.